The van der Waals surface area contributed by atoms with E-state index in [2.05, 4.69) is 0 Å². The number of hydrogen-bond donors (Lipinski definition) is 0. The van der Waals surface area contributed by atoms with Gasteiger partial charge >= 0.3 is 5.97 Å². The molecule has 27 heavy (non-hydrogen) atoms. The maximum atomic E-state index is 13.3. The number of fused-ring (bicyclic) bond motifs is 4. The van der Waals surface area contributed by atoms with Crippen LogP contribution < -0.4 is 9.47 Å². The lowest BCUT2D eigenvalue weighted by molar-refractivity contribution is -0.147. The predicted molar refractivity (Wildman–Crippen MR) is 99.5 cm³/mol. The summed E-state index contributed by atoms with van der Waals surface area (Å²) in [7, 11) is 3.20. The molecule has 140 valence electrons. The Balaban J connectivity index is 1.95. The fourth-order valence-corrected chi connectivity index (χ4v) is 4.70. The Bertz CT molecular complexity index is 932. The van der Waals surface area contributed by atoms with E-state index in [9.17, 15) is 9.59 Å². The minimum atomic E-state index is -0.866. The normalized spacial score (nSPS) is 22.5. The number of esters is 1. The van der Waals surface area contributed by atoms with Crippen LogP contribution in [-0.2, 0) is 21.4 Å². The van der Waals surface area contributed by atoms with Gasteiger partial charge in [0.1, 0.15) is 17.4 Å². The van der Waals surface area contributed by atoms with E-state index in [1.807, 2.05) is 30.3 Å². The molecule has 2 atom stereocenters. The van der Waals surface area contributed by atoms with Crippen molar-refractivity contribution in [3.05, 3.63) is 58.7 Å². The smallest absolute Gasteiger partial charge is 0.318 e. The van der Waals surface area contributed by atoms with Gasteiger partial charge in [0.25, 0.3) is 0 Å². The molecule has 0 aliphatic heterocycles. The topological polar surface area (TPSA) is 61.8 Å². The van der Waals surface area contributed by atoms with E-state index >= 15 is 0 Å². The fraction of sp³-hybridized carbons (Fsp3) is 0.364. The molecule has 0 heterocycles. The van der Waals surface area contributed by atoms with Gasteiger partial charge < -0.3 is 14.2 Å². The number of ketones is 1. The first-order valence-electron chi connectivity index (χ1n) is 9.13. The monoisotopic (exact) mass is 366 g/mol. The molecule has 0 saturated carbocycles. The van der Waals surface area contributed by atoms with Crippen molar-refractivity contribution in [1.82, 2.24) is 0 Å². The second-order valence-electron chi connectivity index (χ2n) is 6.96. The molecule has 0 saturated heterocycles. The van der Waals surface area contributed by atoms with Crippen molar-refractivity contribution in [2.75, 3.05) is 20.8 Å². The maximum absolute atomic E-state index is 13.3. The molecule has 0 radical (unpaired) electrons. The number of rotatable bonds is 4. The van der Waals surface area contributed by atoms with Crippen molar-refractivity contribution >= 4 is 11.8 Å². The van der Waals surface area contributed by atoms with Crippen LogP contribution in [0, 0.1) is 5.92 Å². The van der Waals surface area contributed by atoms with Crippen molar-refractivity contribution in [3.8, 4) is 11.5 Å². The average Bonchev–Trinajstić information content (AvgIpc) is 3.18. The van der Waals surface area contributed by atoms with Gasteiger partial charge in [0.05, 0.1) is 20.8 Å². The number of hydrogen-bond acceptors (Lipinski definition) is 5. The molecule has 2 unspecified atom stereocenters. The van der Waals surface area contributed by atoms with E-state index in [1.165, 1.54) is 0 Å². The lowest BCUT2D eigenvalue weighted by atomic mass is 9.70. The first-order valence-corrected chi connectivity index (χ1v) is 9.13. The van der Waals surface area contributed by atoms with Crippen LogP contribution in [-0.4, -0.2) is 32.6 Å². The Hall–Kier alpha value is -2.82. The Morgan fingerprint density at radius 1 is 1.07 bits per heavy atom. The zero-order valence-corrected chi connectivity index (χ0v) is 15.7. The van der Waals surface area contributed by atoms with Crippen LogP contribution in [0.15, 0.2) is 36.4 Å². The van der Waals surface area contributed by atoms with Gasteiger partial charge in [-0.25, -0.2) is 0 Å². The molecule has 4 rings (SSSR count). The van der Waals surface area contributed by atoms with E-state index in [0.717, 1.165) is 28.9 Å². The zero-order chi connectivity index (χ0) is 19.2. The van der Waals surface area contributed by atoms with Gasteiger partial charge in [0.2, 0.25) is 0 Å². The SMILES string of the molecule is CCOC(=O)C1C(=O)c2cc(OC)ccc2C12CCc1cc(OC)ccc12. The largest absolute Gasteiger partial charge is 0.497 e. The summed E-state index contributed by atoms with van der Waals surface area (Å²) in [5.41, 5.74) is 2.87. The van der Waals surface area contributed by atoms with Crippen molar-refractivity contribution < 1.29 is 23.8 Å². The van der Waals surface area contributed by atoms with Gasteiger partial charge in [-0.1, -0.05) is 12.1 Å². The lowest BCUT2D eigenvalue weighted by Gasteiger charge is -2.31. The number of Topliss-reactive ketones (excluding diaryl/α,β-unsaturated/α-hetero) is 1. The molecule has 2 aliphatic rings. The highest BCUT2D eigenvalue weighted by Gasteiger charge is 2.59. The third-order valence-electron chi connectivity index (χ3n) is 5.83. The van der Waals surface area contributed by atoms with Gasteiger partial charge in [-0.3, -0.25) is 9.59 Å². The fourth-order valence-electron chi connectivity index (χ4n) is 4.70. The summed E-state index contributed by atoms with van der Waals surface area (Å²) < 4.78 is 16.0. The van der Waals surface area contributed by atoms with Crippen LogP contribution in [0.3, 0.4) is 0 Å². The first-order chi connectivity index (χ1) is 13.1. The minimum Gasteiger partial charge on any atom is -0.497 e. The van der Waals surface area contributed by atoms with Gasteiger partial charge in [-0.05, 0) is 60.7 Å². The standard InChI is InChI=1S/C22H22O5/c1-4-27-21(24)19-20(23)16-12-15(26-3)6-8-18(16)22(19)10-9-13-11-14(25-2)5-7-17(13)22/h5-8,11-12,19H,4,9-10H2,1-3H3. The second-order valence-corrected chi connectivity index (χ2v) is 6.96. The van der Waals surface area contributed by atoms with E-state index in [1.54, 1.807) is 27.2 Å². The van der Waals surface area contributed by atoms with Crippen molar-refractivity contribution in [2.45, 2.75) is 25.2 Å². The summed E-state index contributed by atoms with van der Waals surface area (Å²) in [5.74, 6) is -0.131. The van der Waals surface area contributed by atoms with Crippen LogP contribution in [0.25, 0.3) is 0 Å². The van der Waals surface area contributed by atoms with Crippen molar-refractivity contribution in [1.29, 1.82) is 0 Å². The summed E-state index contributed by atoms with van der Waals surface area (Å²) in [6, 6.07) is 11.4. The summed E-state index contributed by atoms with van der Waals surface area (Å²) in [4.78, 5) is 26.2. The zero-order valence-electron chi connectivity index (χ0n) is 15.7. The van der Waals surface area contributed by atoms with E-state index in [-0.39, 0.29) is 12.4 Å². The molecular weight excluding hydrogens is 344 g/mol. The summed E-state index contributed by atoms with van der Waals surface area (Å²) >= 11 is 0. The highest BCUT2D eigenvalue weighted by molar-refractivity contribution is 6.15. The molecule has 2 aromatic rings. The quantitative estimate of drug-likeness (QED) is 0.614. The summed E-state index contributed by atoms with van der Waals surface area (Å²) in [5, 5.41) is 0. The van der Waals surface area contributed by atoms with Crippen LogP contribution in [0.4, 0.5) is 0 Å². The highest BCUT2D eigenvalue weighted by Crippen LogP contribution is 2.56. The number of aryl methyl sites for hydroxylation is 1. The maximum Gasteiger partial charge on any atom is 0.318 e. The third kappa shape index (κ3) is 2.37. The van der Waals surface area contributed by atoms with Gasteiger partial charge in [0, 0.05) is 11.0 Å². The Kier molecular flexibility index (Phi) is 4.17. The molecule has 0 fully saturated rings. The molecule has 1 spiro atoms. The highest BCUT2D eigenvalue weighted by atomic mass is 16.5. The summed E-state index contributed by atoms with van der Waals surface area (Å²) in [6.45, 7) is 2.00. The molecule has 2 aliphatic carbocycles. The Morgan fingerprint density at radius 3 is 2.41 bits per heavy atom. The van der Waals surface area contributed by atoms with E-state index < -0.39 is 17.3 Å². The molecule has 5 heteroatoms. The van der Waals surface area contributed by atoms with Crippen LogP contribution in [0.5, 0.6) is 11.5 Å². The van der Waals surface area contributed by atoms with Crippen molar-refractivity contribution in [3.63, 3.8) is 0 Å². The van der Waals surface area contributed by atoms with Crippen LogP contribution >= 0.6 is 0 Å². The molecule has 2 aromatic carbocycles. The third-order valence-corrected chi connectivity index (χ3v) is 5.83. The van der Waals surface area contributed by atoms with E-state index in [0.29, 0.717) is 17.7 Å². The van der Waals surface area contributed by atoms with Gasteiger partial charge in [-0.2, -0.15) is 0 Å². The number of carbonyl (C=O) groups excluding carboxylic acids is 2. The lowest BCUT2D eigenvalue weighted by Crippen LogP contribution is -2.39. The molecule has 0 amide bonds. The molecule has 5 nitrogen and oxygen atoms in total. The number of methoxy groups -OCH3 is 2. The number of benzene rings is 2. The van der Waals surface area contributed by atoms with Crippen LogP contribution in [0.2, 0.25) is 0 Å². The Morgan fingerprint density at radius 2 is 1.74 bits per heavy atom. The predicted octanol–water partition coefficient (Wildman–Crippen LogP) is 3.31. The molecule has 0 N–H and O–H groups in total. The van der Waals surface area contributed by atoms with Crippen molar-refractivity contribution in [2.24, 2.45) is 5.92 Å². The first kappa shape index (κ1) is 17.6. The summed E-state index contributed by atoms with van der Waals surface area (Å²) in [6.07, 6.45) is 1.46. The number of ether oxygens (including phenoxy) is 3. The molecule has 0 bridgehead atoms. The van der Waals surface area contributed by atoms with E-state index in [4.69, 9.17) is 14.2 Å². The molecular formula is C22H22O5. The van der Waals surface area contributed by atoms with Gasteiger partial charge in [0.15, 0.2) is 5.78 Å². The minimum absolute atomic E-state index is 0.189. The molecule has 0 aromatic heterocycles. The Labute approximate surface area is 158 Å². The number of carbonyl (C=O) groups is 2. The van der Waals surface area contributed by atoms with Crippen LogP contribution in [0.1, 0.15) is 40.4 Å². The average molecular weight is 366 g/mol. The van der Waals surface area contributed by atoms with Gasteiger partial charge in [-0.15, -0.1) is 0 Å². The second kappa shape index (κ2) is 6.41.